The Hall–Kier alpha value is -2.70. The Balaban J connectivity index is 1.79. The molecule has 0 bridgehead atoms. The van der Waals surface area contributed by atoms with Crippen molar-refractivity contribution in [2.45, 2.75) is 44.7 Å². The smallest absolute Gasteiger partial charge is 0.267 e. The Kier molecular flexibility index (Phi) is 5.65. The van der Waals surface area contributed by atoms with E-state index in [1.165, 1.54) is 43.9 Å². The summed E-state index contributed by atoms with van der Waals surface area (Å²) in [5.41, 5.74) is 0.621. The maximum Gasteiger partial charge on any atom is 0.267 e. The molecule has 0 saturated heterocycles. The number of carbonyl (C=O) groups excluding carboxylic acids is 1. The van der Waals surface area contributed by atoms with Crippen molar-refractivity contribution in [3.63, 3.8) is 0 Å². The molecule has 1 fully saturated rings. The van der Waals surface area contributed by atoms with Crippen LogP contribution in [-0.2, 0) is 11.3 Å². The third-order valence-electron chi connectivity index (χ3n) is 4.57. The predicted molar refractivity (Wildman–Crippen MR) is 95.5 cm³/mol. The molecule has 26 heavy (non-hydrogen) atoms. The summed E-state index contributed by atoms with van der Waals surface area (Å²) < 4.78 is 19.7. The molecule has 1 amide bonds. The molecule has 138 valence electrons. The molecular formula is C19H22FN3O3. The summed E-state index contributed by atoms with van der Waals surface area (Å²) in [4.78, 5) is 24.3. The summed E-state index contributed by atoms with van der Waals surface area (Å²) >= 11 is 0. The van der Waals surface area contributed by atoms with Crippen molar-refractivity contribution in [2.75, 3.05) is 7.11 Å². The number of carbonyl (C=O) groups is 1. The Morgan fingerprint density at radius 2 is 2.04 bits per heavy atom. The average Bonchev–Trinajstić information content (AvgIpc) is 2.64. The lowest BCUT2D eigenvalue weighted by molar-refractivity contribution is -0.122. The number of hydrogen-bond acceptors (Lipinski definition) is 4. The quantitative estimate of drug-likeness (QED) is 0.890. The van der Waals surface area contributed by atoms with Gasteiger partial charge in [0.05, 0.1) is 12.8 Å². The molecule has 1 saturated carbocycles. The highest BCUT2D eigenvalue weighted by Crippen LogP contribution is 2.28. The normalized spacial score (nSPS) is 14.8. The predicted octanol–water partition coefficient (Wildman–Crippen LogP) is 2.51. The number of halogens is 1. The molecule has 1 aromatic heterocycles. The van der Waals surface area contributed by atoms with Gasteiger partial charge in [-0.25, -0.2) is 9.07 Å². The first-order valence-electron chi connectivity index (χ1n) is 8.78. The average molecular weight is 359 g/mol. The van der Waals surface area contributed by atoms with Crippen molar-refractivity contribution < 1.29 is 13.9 Å². The van der Waals surface area contributed by atoms with E-state index in [1.807, 2.05) is 0 Å². The third kappa shape index (κ3) is 4.28. The monoisotopic (exact) mass is 359 g/mol. The Morgan fingerprint density at radius 3 is 2.77 bits per heavy atom. The van der Waals surface area contributed by atoms with Gasteiger partial charge in [0.15, 0.2) is 0 Å². The molecule has 0 radical (unpaired) electrons. The lowest BCUT2D eigenvalue weighted by atomic mass is 9.95. The second-order valence-electron chi connectivity index (χ2n) is 6.46. The molecule has 0 atom stereocenters. The van der Waals surface area contributed by atoms with E-state index in [1.54, 1.807) is 0 Å². The van der Waals surface area contributed by atoms with E-state index < -0.39 is 5.82 Å². The zero-order valence-corrected chi connectivity index (χ0v) is 14.7. The highest BCUT2D eigenvalue weighted by atomic mass is 19.1. The zero-order valence-electron chi connectivity index (χ0n) is 14.7. The number of aromatic nitrogens is 2. The van der Waals surface area contributed by atoms with E-state index in [4.69, 9.17) is 4.74 Å². The molecule has 1 aliphatic rings. The highest BCUT2D eigenvalue weighted by Gasteiger charge is 2.17. The van der Waals surface area contributed by atoms with Gasteiger partial charge in [0.1, 0.15) is 18.1 Å². The summed E-state index contributed by atoms with van der Waals surface area (Å²) in [6, 6.07) is 7.14. The summed E-state index contributed by atoms with van der Waals surface area (Å²) in [6.07, 6.45) is 5.38. The molecule has 7 heteroatoms. The first-order valence-corrected chi connectivity index (χ1v) is 8.78. The molecule has 2 aromatic rings. The van der Waals surface area contributed by atoms with Gasteiger partial charge in [-0.1, -0.05) is 19.3 Å². The van der Waals surface area contributed by atoms with Crippen LogP contribution in [0.15, 0.2) is 35.1 Å². The van der Waals surface area contributed by atoms with Crippen molar-refractivity contribution in [3.05, 3.63) is 46.5 Å². The molecule has 6 nitrogen and oxygen atoms in total. The minimum atomic E-state index is -0.425. The van der Waals surface area contributed by atoms with Crippen LogP contribution in [0.2, 0.25) is 0 Å². The van der Waals surface area contributed by atoms with Gasteiger partial charge in [-0.3, -0.25) is 9.59 Å². The molecule has 1 N–H and O–H groups in total. The molecule has 1 heterocycles. The van der Waals surface area contributed by atoms with Gasteiger partial charge in [0, 0.05) is 23.7 Å². The maximum atomic E-state index is 13.4. The molecule has 0 aliphatic heterocycles. The van der Waals surface area contributed by atoms with Crippen LogP contribution in [0, 0.1) is 5.82 Å². The standard InChI is InChI=1S/C19H22FN3O3/c1-26-17-11-13(20)7-8-15(17)16-9-10-19(25)23(22-16)12-18(24)21-14-5-3-2-4-6-14/h7-11,14H,2-6,12H2,1H3,(H,21,24). The van der Waals surface area contributed by atoms with Gasteiger partial charge in [0.25, 0.3) is 5.56 Å². The first kappa shape index (κ1) is 18.1. The Bertz CT molecular complexity index is 844. The Morgan fingerprint density at radius 1 is 1.27 bits per heavy atom. The maximum absolute atomic E-state index is 13.4. The molecule has 0 spiro atoms. The van der Waals surface area contributed by atoms with E-state index >= 15 is 0 Å². The van der Waals surface area contributed by atoms with Crippen molar-refractivity contribution in [1.82, 2.24) is 15.1 Å². The van der Waals surface area contributed by atoms with E-state index in [0.717, 1.165) is 30.4 Å². The van der Waals surface area contributed by atoms with E-state index in [2.05, 4.69) is 10.4 Å². The van der Waals surface area contributed by atoms with E-state index in [0.29, 0.717) is 17.0 Å². The first-order chi connectivity index (χ1) is 12.6. The fourth-order valence-electron chi connectivity index (χ4n) is 3.24. The zero-order chi connectivity index (χ0) is 18.5. The van der Waals surface area contributed by atoms with Gasteiger partial charge in [-0.05, 0) is 31.0 Å². The number of hydrogen-bond donors (Lipinski definition) is 1. The molecular weight excluding hydrogens is 337 g/mol. The largest absolute Gasteiger partial charge is 0.496 e. The van der Waals surface area contributed by atoms with Gasteiger partial charge < -0.3 is 10.1 Å². The van der Waals surface area contributed by atoms with Crippen molar-refractivity contribution in [2.24, 2.45) is 0 Å². The summed E-state index contributed by atoms with van der Waals surface area (Å²) in [5.74, 6) is -0.338. The molecule has 3 rings (SSSR count). The van der Waals surface area contributed by atoms with Gasteiger partial charge in [-0.2, -0.15) is 5.10 Å². The van der Waals surface area contributed by atoms with Crippen LogP contribution < -0.4 is 15.6 Å². The Labute approximate surface area is 151 Å². The van der Waals surface area contributed by atoms with Gasteiger partial charge in [0.2, 0.25) is 5.91 Å². The van der Waals surface area contributed by atoms with Gasteiger partial charge >= 0.3 is 0 Å². The van der Waals surface area contributed by atoms with Gasteiger partial charge in [-0.15, -0.1) is 0 Å². The van der Waals surface area contributed by atoms with Crippen molar-refractivity contribution >= 4 is 5.91 Å². The number of benzene rings is 1. The second kappa shape index (κ2) is 8.12. The van der Waals surface area contributed by atoms with Crippen LogP contribution in [0.25, 0.3) is 11.3 Å². The fourth-order valence-corrected chi connectivity index (χ4v) is 3.24. The SMILES string of the molecule is COc1cc(F)ccc1-c1ccc(=O)n(CC(=O)NC2CCCCC2)n1. The molecule has 1 aliphatic carbocycles. The lowest BCUT2D eigenvalue weighted by Crippen LogP contribution is -2.40. The van der Waals surface area contributed by atoms with Crippen LogP contribution in [0.4, 0.5) is 4.39 Å². The van der Waals surface area contributed by atoms with E-state index in [9.17, 15) is 14.0 Å². The van der Waals surface area contributed by atoms with Crippen LogP contribution in [0.3, 0.4) is 0 Å². The number of methoxy groups -OCH3 is 1. The second-order valence-corrected chi connectivity index (χ2v) is 6.46. The van der Waals surface area contributed by atoms with E-state index in [-0.39, 0.29) is 24.1 Å². The fraction of sp³-hybridized carbons (Fsp3) is 0.421. The minimum absolute atomic E-state index is 0.146. The summed E-state index contributed by atoms with van der Waals surface area (Å²) in [7, 11) is 1.44. The lowest BCUT2D eigenvalue weighted by Gasteiger charge is -2.22. The highest BCUT2D eigenvalue weighted by molar-refractivity contribution is 5.76. The number of ether oxygens (including phenoxy) is 1. The van der Waals surface area contributed by atoms with Crippen LogP contribution >= 0.6 is 0 Å². The molecule has 0 unspecified atom stereocenters. The number of amides is 1. The number of rotatable bonds is 5. The summed E-state index contributed by atoms with van der Waals surface area (Å²) in [6.45, 7) is -0.146. The van der Waals surface area contributed by atoms with Crippen LogP contribution in [-0.4, -0.2) is 28.8 Å². The summed E-state index contributed by atoms with van der Waals surface area (Å²) in [5, 5.41) is 7.23. The van der Waals surface area contributed by atoms with Crippen molar-refractivity contribution in [1.29, 1.82) is 0 Å². The third-order valence-corrected chi connectivity index (χ3v) is 4.57. The molecule has 1 aromatic carbocycles. The van der Waals surface area contributed by atoms with Crippen molar-refractivity contribution in [3.8, 4) is 17.0 Å². The van der Waals surface area contributed by atoms with Crippen LogP contribution in [0.5, 0.6) is 5.75 Å². The van der Waals surface area contributed by atoms with Crippen LogP contribution in [0.1, 0.15) is 32.1 Å². The minimum Gasteiger partial charge on any atom is -0.496 e. The number of nitrogens with zero attached hydrogens (tertiary/aromatic N) is 2. The topological polar surface area (TPSA) is 73.2 Å². The number of nitrogens with one attached hydrogen (secondary N) is 1.